The van der Waals surface area contributed by atoms with Crippen LogP contribution in [-0.4, -0.2) is 17.0 Å². The highest BCUT2D eigenvalue weighted by Crippen LogP contribution is 2.64. The van der Waals surface area contributed by atoms with Gasteiger partial charge in [0.05, 0.1) is 6.10 Å². The Morgan fingerprint density at radius 1 is 1.10 bits per heavy atom. The molecule has 0 aromatic carbocycles. The second-order valence-corrected chi connectivity index (χ2v) is 8.66. The first-order valence-electron chi connectivity index (χ1n) is 8.85. The third-order valence-corrected chi connectivity index (χ3v) is 7.99. The molecule has 0 spiro atoms. The van der Waals surface area contributed by atoms with Gasteiger partial charge in [-0.25, -0.2) is 0 Å². The lowest BCUT2D eigenvalue weighted by molar-refractivity contribution is -0.123. The van der Waals surface area contributed by atoms with E-state index in [1.807, 2.05) is 6.08 Å². The SMILES string of the molecule is C[C@]12C=CC(=O)CC1CC[C@@H]1[C@@H]2CC[C@]2(C)C(O)CC[C@@H]12. The van der Waals surface area contributed by atoms with Gasteiger partial charge in [-0.3, -0.25) is 4.79 Å². The van der Waals surface area contributed by atoms with Crippen LogP contribution in [0.15, 0.2) is 12.2 Å². The van der Waals surface area contributed by atoms with Gasteiger partial charge in [0.1, 0.15) is 0 Å². The summed E-state index contributed by atoms with van der Waals surface area (Å²) in [6, 6.07) is 0. The normalized spacial score (nSPS) is 55.8. The highest BCUT2D eigenvalue weighted by atomic mass is 16.3. The molecule has 3 fully saturated rings. The van der Waals surface area contributed by atoms with Crippen LogP contribution in [0.2, 0.25) is 0 Å². The van der Waals surface area contributed by atoms with Gasteiger partial charge in [-0.15, -0.1) is 0 Å². The van der Waals surface area contributed by atoms with Crippen LogP contribution >= 0.6 is 0 Å². The van der Waals surface area contributed by atoms with Crippen LogP contribution in [0.1, 0.15) is 58.8 Å². The van der Waals surface area contributed by atoms with Gasteiger partial charge in [0.15, 0.2) is 5.78 Å². The lowest BCUT2D eigenvalue weighted by Gasteiger charge is -2.58. The molecule has 116 valence electrons. The Morgan fingerprint density at radius 2 is 1.90 bits per heavy atom. The van der Waals surface area contributed by atoms with Crippen molar-refractivity contribution in [3.05, 3.63) is 12.2 Å². The number of allylic oxidation sites excluding steroid dienone is 2. The van der Waals surface area contributed by atoms with Gasteiger partial charge in [0, 0.05) is 6.42 Å². The number of hydrogen-bond donors (Lipinski definition) is 1. The maximum Gasteiger partial charge on any atom is 0.155 e. The van der Waals surface area contributed by atoms with E-state index in [9.17, 15) is 9.90 Å². The van der Waals surface area contributed by atoms with E-state index in [1.54, 1.807) is 0 Å². The first-order chi connectivity index (χ1) is 9.95. The Morgan fingerprint density at radius 3 is 2.71 bits per heavy atom. The molecular weight excluding hydrogens is 260 g/mol. The summed E-state index contributed by atoms with van der Waals surface area (Å²) in [5.74, 6) is 3.08. The van der Waals surface area contributed by atoms with Crippen molar-refractivity contribution in [2.24, 2.45) is 34.5 Å². The molecule has 4 aliphatic carbocycles. The smallest absolute Gasteiger partial charge is 0.155 e. The monoisotopic (exact) mass is 288 g/mol. The Kier molecular flexibility index (Phi) is 2.96. The highest BCUT2D eigenvalue weighted by Gasteiger charge is 2.59. The minimum Gasteiger partial charge on any atom is -0.393 e. The second kappa shape index (κ2) is 4.44. The van der Waals surface area contributed by atoms with Crippen molar-refractivity contribution < 1.29 is 9.90 Å². The van der Waals surface area contributed by atoms with Crippen LogP contribution in [-0.2, 0) is 4.79 Å². The van der Waals surface area contributed by atoms with Gasteiger partial charge < -0.3 is 5.11 Å². The summed E-state index contributed by atoms with van der Waals surface area (Å²) in [6.45, 7) is 4.74. The Labute approximate surface area is 128 Å². The molecule has 4 aliphatic rings. The number of fused-ring (bicyclic) bond motifs is 5. The molecule has 7 atom stereocenters. The Bertz CT molecular complexity index is 496. The molecule has 0 bridgehead atoms. The van der Waals surface area contributed by atoms with Crippen LogP contribution < -0.4 is 0 Å². The largest absolute Gasteiger partial charge is 0.393 e. The van der Waals surface area contributed by atoms with Gasteiger partial charge in [0.25, 0.3) is 0 Å². The number of aliphatic hydroxyl groups is 1. The number of carbonyl (C=O) groups excluding carboxylic acids is 1. The summed E-state index contributed by atoms with van der Waals surface area (Å²) < 4.78 is 0. The maximum absolute atomic E-state index is 11.8. The van der Waals surface area contributed by atoms with Gasteiger partial charge in [-0.2, -0.15) is 0 Å². The summed E-state index contributed by atoms with van der Waals surface area (Å²) in [6.07, 6.45) is 11.9. The minimum atomic E-state index is -0.0857. The number of rotatable bonds is 0. The number of ketones is 1. The molecule has 0 amide bonds. The average Bonchev–Trinajstić information content (AvgIpc) is 2.76. The van der Waals surface area contributed by atoms with Gasteiger partial charge in [-0.05, 0) is 79.1 Å². The highest BCUT2D eigenvalue weighted by molar-refractivity contribution is 5.91. The summed E-state index contributed by atoms with van der Waals surface area (Å²) in [7, 11) is 0. The fourth-order valence-electron chi connectivity index (χ4n) is 6.61. The lowest BCUT2D eigenvalue weighted by Crippen LogP contribution is -2.52. The fraction of sp³-hybridized carbons (Fsp3) is 0.842. The molecule has 0 radical (unpaired) electrons. The van der Waals surface area contributed by atoms with E-state index in [1.165, 1.54) is 32.1 Å². The molecular formula is C19H28O2. The Hall–Kier alpha value is -0.630. The van der Waals surface area contributed by atoms with Gasteiger partial charge in [0.2, 0.25) is 0 Å². The quantitative estimate of drug-likeness (QED) is 0.737. The average molecular weight is 288 g/mol. The number of hydrogen-bond acceptors (Lipinski definition) is 2. The van der Waals surface area contributed by atoms with E-state index in [0.29, 0.717) is 17.6 Å². The molecule has 3 saturated carbocycles. The topological polar surface area (TPSA) is 37.3 Å². The van der Waals surface area contributed by atoms with Crippen molar-refractivity contribution in [3.8, 4) is 0 Å². The zero-order valence-electron chi connectivity index (χ0n) is 13.3. The lowest BCUT2D eigenvalue weighted by atomic mass is 9.46. The van der Waals surface area contributed by atoms with E-state index in [-0.39, 0.29) is 16.9 Å². The summed E-state index contributed by atoms with van der Waals surface area (Å²) in [5, 5.41) is 10.4. The summed E-state index contributed by atoms with van der Waals surface area (Å²) >= 11 is 0. The summed E-state index contributed by atoms with van der Waals surface area (Å²) in [4.78, 5) is 11.8. The predicted molar refractivity (Wildman–Crippen MR) is 82.6 cm³/mol. The van der Waals surface area contributed by atoms with Crippen molar-refractivity contribution in [1.29, 1.82) is 0 Å². The molecule has 0 heterocycles. The van der Waals surface area contributed by atoms with Gasteiger partial charge in [-0.1, -0.05) is 19.9 Å². The van der Waals surface area contributed by atoms with Crippen molar-refractivity contribution in [2.45, 2.75) is 64.9 Å². The van der Waals surface area contributed by atoms with Crippen molar-refractivity contribution in [1.82, 2.24) is 0 Å². The first-order valence-corrected chi connectivity index (χ1v) is 8.85. The van der Waals surface area contributed by atoms with E-state index >= 15 is 0 Å². The molecule has 2 heteroatoms. The first kappa shape index (κ1) is 14.0. The van der Waals surface area contributed by atoms with Crippen LogP contribution in [0.5, 0.6) is 0 Å². The molecule has 0 aromatic heterocycles. The standard InChI is InChI=1S/C19H28O2/c1-18-9-7-13(20)11-12(18)3-4-14-15-5-6-17(21)19(15,2)10-8-16(14)18/h7,9,12,14-17,21H,3-6,8,10-11H2,1-2H3/t12?,14-,15-,16-,17?,18-,19-/m0/s1. The zero-order valence-corrected chi connectivity index (χ0v) is 13.3. The Balaban J connectivity index is 1.68. The molecule has 0 aromatic rings. The zero-order chi connectivity index (χ0) is 14.8. The van der Waals surface area contributed by atoms with Crippen LogP contribution in [0.25, 0.3) is 0 Å². The maximum atomic E-state index is 11.8. The van der Waals surface area contributed by atoms with E-state index in [4.69, 9.17) is 0 Å². The number of aliphatic hydroxyl groups excluding tert-OH is 1. The van der Waals surface area contributed by atoms with Crippen LogP contribution in [0.4, 0.5) is 0 Å². The second-order valence-electron chi connectivity index (χ2n) is 8.66. The molecule has 0 saturated heterocycles. The van der Waals surface area contributed by atoms with Crippen LogP contribution in [0.3, 0.4) is 0 Å². The van der Waals surface area contributed by atoms with Crippen molar-refractivity contribution in [3.63, 3.8) is 0 Å². The van der Waals surface area contributed by atoms with E-state index in [2.05, 4.69) is 19.9 Å². The molecule has 2 nitrogen and oxygen atoms in total. The van der Waals surface area contributed by atoms with Gasteiger partial charge >= 0.3 is 0 Å². The number of carbonyl (C=O) groups is 1. The minimum absolute atomic E-state index is 0.0857. The predicted octanol–water partition coefficient (Wildman–Crippen LogP) is 3.74. The van der Waals surface area contributed by atoms with Crippen LogP contribution in [0, 0.1) is 34.5 Å². The molecule has 21 heavy (non-hydrogen) atoms. The summed E-state index contributed by atoms with van der Waals surface area (Å²) in [5.41, 5.74) is 0.393. The van der Waals surface area contributed by atoms with E-state index < -0.39 is 0 Å². The third kappa shape index (κ3) is 1.78. The molecule has 2 unspecified atom stereocenters. The molecule has 0 aliphatic heterocycles. The molecule has 1 N–H and O–H groups in total. The fourth-order valence-corrected chi connectivity index (χ4v) is 6.61. The molecule has 4 rings (SSSR count). The van der Waals surface area contributed by atoms with E-state index in [0.717, 1.165) is 24.7 Å². The third-order valence-electron chi connectivity index (χ3n) is 7.99. The van der Waals surface area contributed by atoms with Crippen molar-refractivity contribution in [2.75, 3.05) is 0 Å². The van der Waals surface area contributed by atoms with Crippen molar-refractivity contribution >= 4 is 5.78 Å².